The molecule has 0 N–H and O–H groups in total. The van der Waals surface area contributed by atoms with Crippen LogP contribution in [0.2, 0.25) is 0 Å². The Morgan fingerprint density at radius 2 is 2.00 bits per heavy atom. The number of thiol groups is 1. The molecule has 0 unspecified atom stereocenters. The third-order valence-corrected chi connectivity index (χ3v) is 1.25. The highest BCUT2D eigenvalue weighted by atomic mass is 32.1. The SMILES string of the molecule is O=C(S)C[C]1[CH][CH][CH][CH]1. The molecule has 0 saturated heterocycles. The molecule has 0 aromatic rings. The molecule has 2 heteroatoms. The smallest absolute Gasteiger partial charge is 0.186 e. The summed E-state index contributed by atoms with van der Waals surface area (Å²) in [4.78, 5) is 10.4. The lowest BCUT2D eigenvalue weighted by Crippen LogP contribution is -1.96. The van der Waals surface area contributed by atoms with Crippen LogP contribution in [0.25, 0.3) is 0 Å². The molecule has 1 aliphatic carbocycles. The zero-order chi connectivity index (χ0) is 6.69. The molecule has 0 spiro atoms. The van der Waals surface area contributed by atoms with Crippen LogP contribution in [0.4, 0.5) is 0 Å². The summed E-state index contributed by atoms with van der Waals surface area (Å²) in [5.74, 6) is 1.04. The van der Waals surface area contributed by atoms with Crippen LogP contribution in [-0.2, 0) is 4.79 Å². The lowest BCUT2D eigenvalue weighted by molar-refractivity contribution is -0.110. The molecule has 9 heavy (non-hydrogen) atoms. The van der Waals surface area contributed by atoms with Crippen molar-refractivity contribution in [1.29, 1.82) is 0 Å². The summed E-state index contributed by atoms with van der Waals surface area (Å²) >= 11 is 3.65. The molecule has 0 aliphatic heterocycles. The Labute approximate surface area is 61.2 Å². The Kier molecular flexibility index (Phi) is 2.58. The average Bonchev–Trinajstić information content (AvgIpc) is 2.15. The first-order chi connectivity index (χ1) is 4.29. The topological polar surface area (TPSA) is 17.1 Å². The standard InChI is InChI=1S/C7H7OS/c8-7(9)5-6-3-1-2-4-6/h1-4H,5H2,(H,8,9). The van der Waals surface area contributed by atoms with Crippen molar-refractivity contribution in [2.24, 2.45) is 0 Å². The largest absolute Gasteiger partial charge is 0.287 e. The maximum Gasteiger partial charge on any atom is 0.186 e. The van der Waals surface area contributed by atoms with Gasteiger partial charge in [-0.1, -0.05) is 0 Å². The van der Waals surface area contributed by atoms with Crippen molar-refractivity contribution in [3.05, 3.63) is 31.6 Å². The quantitative estimate of drug-likeness (QED) is 0.569. The summed E-state index contributed by atoms with van der Waals surface area (Å²) in [6.45, 7) is 0. The molecule has 1 saturated carbocycles. The van der Waals surface area contributed by atoms with Crippen LogP contribution >= 0.6 is 12.6 Å². The molecule has 1 fully saturated rings. The highest BCUT2D eigenvalue weighted by molar-refractivity contribution is 7.96. The van der Waals surface area contributed by atoms with Crippen LogP contribution in [0.1, 0.15) is 6.42 Å². The Balaban J connectivity index is 2.19. The molecular weight excluding hydrogens is 132 g/mol. The fourth-order valence-electron chi connectivity index (χ4n) is 0.706. The molecule has 1 aliphatic rings. The zero-order valence-corrected chi connectivity index (χ0v) is 5.77. The van der Waals surface area contributed by atoms with Gasteiger partial charge in [-0.25, -0.2) is 0 Å². The molecule has 0 amide bonds. The first-order valence-electron chi connectivity index (χ1n) is 2.71. The lowest BCUT2D eigenvalue weighted by atomic mass is 10.1. The molecule has 5 radical (unpaired) electrons. The van der Waals surface area contributed by atoms with E-state index < -0.39 is 0 Å². The van der Waals surface area contributed by atoms with Gasteiger partial charge in [0.15, 0.2) is 5.12 Å². The zero-order valence-electron chi connectivity index (χ0n) is 4.87. The maximum absolute atomic E-state index is 10.4. The summed E-state index contributed by atoms with van der Waals surface area (Å²) in [5.41, 5.74) is 0. The Hall–Kier alpha value is 0.0200. The van der Waals surface area contributed by atoms with Crippen LogP contribution in [0.3, 0.4) is 0 Å². The van der Waals surface area contributed by atoms with Crippen molar-refractivity contribution in [1.82, 2.24) is 0 Å². The van der Waals surface area contributed by atoms with E-state index in [4.69, 9.17) is 0 Å². The van der Waals surface area contributed by atoms with Crippen LogP contribution in [0.5, 0.6) is 0 Å². The van der Waals surface area contributed by atoms with E-state index in [1.165, 1.54) is 0 Å². The van der Waals surface area contributed by atoms with Crippen molar-refractivity contribution in [2.45, 2.75) is 6.42 Å². The van der Waals surface area contributed by atoms with Gasteiger partial charge in [-0.15, -0.1) is 12.6 Å². The van der Waals surface area contributed by atoms with Gasteiger partial charge in [-0.2, -0.15) is 0 Å². The molecule has 0 atom stereocenters. The summed E-state index contributed by atoms with van der Waals surface area (Å²) in [7, 11) is 0. The van der Waals surface area contributed by atoms with Gasteiger partial charge in [0.2, 0.25) is 0 Å². The minimum absolute atomic E-state index is 0.0822. The molecule has 0 aromatic carbocycles. The second-order valence-electron chi connectivity index (χ2n) is 1.86. The first-order valence-corrected chi connectivity index (χ1v) is 3.16. The number of hydrogen-bond acceptors (Lipinski definition) is 1. The monoisotopic (exact) mass is 139 g/mol. The number of rotatable bonds is 2. The van der Waals surface area contributed by atoms with E-state index >= 15 is 0 Å². The molecular formula is C7H7OS. The Morgan fingerprint density at radius 1 is 1.44 bits per heavy atom. The van der Waals surface area contributed by atoms with Crippen LogP contribution in [-0.4, -0.2) is 5.12 Å². The van der Waals surface area contributed by atoms with Gasteiger partial charge in [0.05, 0.1) is 0 Å². The van der Waals surface area contributed by atoms with E-state index in [1.807, 2.05) is 25.7 Å². The predicted octanol–water partition coefficient (Wildman–Crippen LogP) is 1.24. The molecule has 1 nitrogen and oxygen atoms in total. The fourth-order valence-corrected chi connectivity index (χ4v) is 0.889. The second kappa shape index (κ2) is 3.25. The van der Waals surface area contributed by atoms with Crippen molar-refractivity contribution in [3.8, 4) is 0 Å². The van der Waals surface area contributed by atoms with E-state index in [-0.39, 0.29) is 5.12 Å². The van der Waals surface area contributed by atoms with E-state index in [9.17, 15) is 4.79 Å². The van der Waals surface area contributed by atoms with Crippen LogP contribution in [0, 0.1) is 31.6 Å². The first kappa shape index (κ1) is 7.13. The Bertz CT molecular complexity index is 105. The summed E-state index contributed by atoms with van der Waals surface area (Å²) in [6, 6.07) is 0. The predicted molar refractivity (Wildman–Crippen MR) is 39.1 cm³/mol. The Morgan fingerprint density at radius 3 is 2.44 bits per heavy atom. The summed E-state index contributed by atoms with van der Waals surface area (Å²) < 4.78 is 0. The van der Waals surface area contributed by atoms with Crippen molar-refractivity contribution < 1.29 is 4.79 Å². The van der Waals surface area contributed by atoms with Crippen LogP contribution < -0.4 is 0 Å². The third-order valence-electron chi connectivity index (χ3n) is 1.09. The van der Waals surface area contributed by atoms with Gasteiger partial charge >= 0.3 is 0 Å². The van der Waals surface area contributed by atoms with E-state index in [1.54, 1.807) is 0 Å². The number of carbonyl (C=O) groups excluding carboxylic acids is 1. The van der Waals surface area contributed by atoms with Gasteiger partial charge in [-0.05, 0) is 31.6 Å². The maximum atomic E-state index is 10.4. The highest BCUT2D eigenvalue weighted by Gasteiger charge is 2.17. The molecule has 0 heterocycles. The van der Waals surface area contributed by atoms with Gasteiger partial charge in [0, 0.05) is 6.42 Å². The molecule has 0 bridgehead atoms. The van der Waals surface area contributed by atoms with Crippen LogP contribution in [0.15, 0.2) is 0 Å². The van der Waals surface area contributed by atoms with Gasteiger partial charge in [-0.3, -0.25) is 4.79 Å². The molecule has 0 aromatic heterocycles. The van der Waals surface area contributed by atoms with Crippen molar-refractivity contribution in [3.63, 3.8) is 0 Å². The summed E-state index contributed by atoms with van der Waals surface area (Å²) in [5, 5.41) is -0.0822. The highest BCUT2D eigenvalue weighted by Crippen LogP contribution is 2.26. The van der Waals surface area contributed by atoms with E-state index in [0.29, 0.717) is 6.42 Å². The minimum atomic E-state index is -0.0822. The summed E-state index contributed by atoms with van der Waals surface area (Å²) in [6.07, 6.45) is 8.08. The minimum Gasteiger partial charge on any atom is -0.287 e. The third kappa shape index (κ3) is 2.39. The average molecular weight is 139 g/mol. The van der Waals surface area contributed by atoms with E-state index in [2.05, 4.69) is 12.6 Å². The fraction of sp³-hybridized carbons (Fsp3) is 0.143. The number of hydrogen-bond donors (Lipinski definition) is 1. The second-order valence-corrected chi connectivity index (χ2v) is 2.36. The van der Waals surface area contributed by atoms with Gasteiger partial charge < -0.3 is 0 Å². The number of carbonyl (C=O) groups is 1. The van der Waals surface area contributed by atoms with Gasteiger partial charge in [0.1, 0.15) is 0 Å². The molecule has 1 rings (SSSR count). The normalized spacial score (nSPS) is 20.6. The van der Waals surface area contributed by atoms with Gasteiger partial charge in [0.25, 0.3) is 0 Å². The van der Waals surface area contributed by atoms with Crippen molar-refractivity contribution in [2.75, 3.05) is 0 Å². The van der Waals surface area contributed by atoms with Crippen molar-refractivity contribution >= 4 is 17.7 Å². The lowest BCUT2D eigenvalue weighted by Gasteiger charge is -2.00. The molecule has 47 valence electrons. The van der Waals surface area contributed by atoms with E-state index in [0.717, 1.165) is 5.92 Å².